The van der Waals surface area contributed by atoms with Gasteiger partial charge in [-0.25, -0.2) is 0 Å². The lowest BCUT2D eigenvalue weighted by molar-refractivity contribution is -0.113. The minimum atomic E-state index is -0.131. The van der Waals surface area contributed by atoms with Gasteiger partial charge in [-0.3, -0.25) is 9.36 Å². The standard InChI is InChI=1S/C24H21ClN4O2S/c25-19-11-13-20(14-12-19)26-23(30)17-32-24-28-27-22(16-31-21-9-5-2-6-10-21)29(24)15-18-7-3-1-4-8-18/h1-14H,15-17H2,(H,26,30). The van der Waals surface area contributed by atoms with E-state index in [1.807, 2.05) is 65.2 Å². The van der Waals surface area contributed by atoms with E-state index in [4.69, 9.17) is 16.3 Å². The van der Waals surface area contributed by atoms with Crippen molar-refractivity contribution in [3.8, 4) is 5.75 Å². The topological polar surface area (TPSA) is 69.0 Å². The maximum Gasteiger partial charge on any atom is 0.234 e. The second kappa shape index (κ2) is 10.8. The second-order valence-corrected chi connectivity index (χ2v) is 8.29. The molecule has 3 aromatic carbocycles. The van der Waals surface area contributed by atoms with Crippen LogP contribution in [0.15, 0.2) is 90.1 Å². The Morgan fingerprint density at radius 3 is 2.34 bits per heavy atom. The highest BCUT2D eigenvalue weighted by Gasteiger charge is 2.15. The summed E-state index contributed by atoms with van der Waals surface area (Å²) in [7, 11) is 0. The van der Waals surface area contributed by atoms with Gasteiger partial charge in [0.05, 0.1) is 12.3 Å². The maximum atomic E-state index is 12.4. The fourth-order valence-electron chi connectivity index (χ4n) is 2.98. The molecule has 0 saturated heterocycles. The molecule has 0 aliphatic rings. The summed E-state index contributed by atoms with van der Waals surface area (Å²) in [5, 5.41) is 12.8. The summed E-state index contributed by atoms with van der Waals surface area (Å²) in [5.74, 6) is 1.53. The number of anilines is 1. The summed E-state index contributed by atoms with van der Waals surface area (Å²) in [4.78, 5) is 12.4. The van der Waals surface area contributed by atoms with Crippen LogP contribution in [-0.4, -0.2) is 26.4 Å². The van der Waals surface area contributed by atoms with Crippen LogP contribution < -0.4 is 10.1 Å². The Kier molecular flexibility index (Phi) is 7.42. The van der Waals surface area contributed by atoms with E-state index in [1.54, 1.807) is 24.3 Å². The molecule has 1 heterocycles. The number of carbonyl (C=O) groups is 1. The minimum absolute atomic E-state index is 0.131. The summed E-state index contributed by atoms with van der Waals surface area (Å²) < 4.78 is 7.86. The Morgan fingerprint density at radius 1 is 0.938 bits per heavy atom. The van der Waals surface area contributed by atoms with Crippen LogP contribution in [0.1, 0.15) is 11.4 Å². The SMILES string of the molecule is O=C(CSc1nnc(COc2ccccc2)n1Cc1ccccc1)Nc1ccc(Cl)cc1. The highest BCUT2D eigenvalue weighted by Crippen LogP contribution is 2.21. The van der Waals surface area contributed by atoms with Crippen molar-refractivity contribution in [2.75, 3.05) is 11.1 Å². The molecule has 0 unspecified atom stereocenters. The summed E-state index contributed by atoms with van der Waals surface area (Å²) in [6.45, 7) is 0.865. The maximum absolute atomic E-state index is 12.4. The van der Waals surface area contributed by atoms with E-state index in [1.165, 1.54) is 11.8 Å². The van der Waals surface area contributed by atoms with Gasteiger partial charge in [0.1, 0.15) is 12.4 Å². The predicted octanol–water partition coefficient (Wildman–Crippen LogP) is 5.29. The Morgan fingerprint density at radius 2 is 1.62 bits per heavy atom. The van der Waals surface area contributed by atoms with E-state index in [9.17, 15) is 4.79 Å². The summed E-state index contributed by atoms with van der Waals surface area (Å²) in [6, 6.07) is 26.6. The first-order valence-corrected chi connectivity index (χ1v) is 11.4. The lowest BCUT2D eigenvalue weighted by atomic mass is 10.2. The molecule has 8 heteroatoms. The van der Waals surface area contributed by atoms with Gasteiger partial charge in [-0.15, -0.1) is 10.2 Å². The Labute approximate surface area is 195 Å². The highest BCUT2D eigenvalue weighted by atomic mass is 35.5. The molecule has 4 aromatic rings. The van der Waals surface area contributed by atoms with Crippen LogP contribution in [0.3, 0.4) is 0 Å². The van der Waals surface area contributed by atoms with Crippen molar-refractivity contribution in [1.82, 2.24) is 14.8 Å². The number of carbonyl (C=O) groups excluding carboxylic acids is 1. The number of halogens is 1. The van der Waals surface area contributed by atoms with Crippen LogP contribution in [0, 0.1) is 0 Å². The van der Waals surface area contributed by atoms with E-state index >= 15 is 0 Å². The summed E-state index contributed by atoms with van der Waals surface area (Å²) in [6.07, 6.45) is 0. The molecular weight excluding hydrogens is 444 g/mol. The third-order valence-corrected chi connectivity index (χ3v) is 5.77. The number of para-hydroxylation sites is 1. The van der Waals surface area contributed by atoms with Crippen molar-refractivity contribution in [1.29, 1.82) is 0 Å². The minimum Gasteiger partial charge on any atom is -0.486 e. The van der Waals surface area contributed by atoms with Crippen LogP contribution in [0.2, 0.25) is 5.02 Å². The number of rotatable bonds is 9. The van der Waals surface area contributed by atoms with Gasteiger partial charge < -0.3 is 10.1 Å². The van der Waals surface area contributed by atoms with Crippen LogP contribution in [-0.2, 0) is 17.9 Å². The molecule has 1 aromatic heterocycles. The molecule has 1 N–H and O–H groups in total. The molecule has 162 valence electrons. The van der Waals surface area contributed by atoms with Crippen LogP contribution in [0.5, 0.6) is 5.75 Å². The Balaban J connectivity index is 1.45. The molecule has 1 amide bonds. The van der Waals surface area contributed by atoms with Gasteiger partial charge in [-0.05, 0) is 42.0 Å². The van der Waals surface area contributed by atoms with Crippen LogP contribution in [0.25, 0.3) is 0 Å². The van der Waals surface area contributed by atoms with Gasteiger partial charge in [-0.1, -0.05) is 71.9 Å². The van der Waals surface area contributed by atoms with Crippen LogP contribution in [0.4, 0.5) is 5.69 Å². The zero-order valence-corrected chi connectivity index (χ0v) is 18.7. The zero-order chi connectivity index (χ0) is 22.2. The number of benzene rings is 3. The van der Waals surface area contributed by atoms with Gasteiger partial charge in [0.2, 0.25) is 5.91 Å². The molecule has 4 rings (SSSR count). The normalized spacial score (nSPS) is 10.7. The molecular formula is C24H21ClN4O2S. The van der Waals surface area contributed by atoms with Crippen molar-refractivity contribution in [2.45, 2.75) is 18.3 Å². The first-order valence-electron chi connectivity index (χ1n) is 9.99. The number of amides is 1. The van der Waals surface area contributed by atoms with E-state index in [2.05, 4.69) is 15.5 Å². The first-order chi connectivity index (χ1) is 15.7. The molecule has 0 bridgehead atoms. The quantitative estimate of drug-likeness (QED) is 0.341. The number of nitrogens with zero attached hydrogens (tertiary/aromatic N) is 3. The number of hydrogen-bond donors (Lipinski definition) is 1. The number of hydrogen-bond acceptors (Lipinski definition) is 5. The van der Waals surface area contributed by atoms with Gasteiger partial charge in [0.25, 0.3) is 0 Å². The van der Waals surface area contributed by atoms with Crippen molar-refractivity contribution in [3.63, 3.8) is 0 Å². The Bertz CT molecular complexity index is 1150. The van der Waals surface area contributed by atoms with E-state index in [-0.39, 0.29) is 18.3 Å². The second-order valence-electron chi connectivity index (χ2n) is 6.92. The molecule has 0 aliphatic heterocycles. The fraction of sp³-hybridized carbons (Fsp3) is 0.125. The average molecular weight is 465 g/mol. The van der Waals surface area contributed by atoms with Gasteiger partial charge >= 0.3 is 0 Å². The molecule has 0 aliphatic carbocycles. The smallest absolute Gasteiger partial charge is 0.234 e. The molecule has 0 radical (unpaired) electrons. The van der Waals surface area contributed by atoms with E-state index in [0.717, 1.165) is 11.3 Å². The summed E-state index contributed by atoms with van der Waals surface area (Å²) in [5.41, 5.74) is 1.81. The van der Waals surface area contributed by atoms with Crippen molar-refractivity contribution >= 4 is 35.0 Å². The third-order valence-electron chi connectivity index (χ3n) is 4.55. The fourth-order valence-corrected chi connectivity index (χ4v) is 3.86. The number of ether oxygens (including phenoxy) is 1. The Hall–Kier alpha value is -3.29. The number of nitrogens with one attached hydrogen (secondary N) is 1. The molecule has 0 spiro atoms. The number of aromatic nitrogens is 3. The van der Waals surface area contributed by atoms with Gasteiger partial charge in [-0.2, -0.15) is 0 Å². The monoisotopic (exact) mass is 464 g/mol. The molecule has 0 atom stereocenters. The largest absolute Gasteiger partial charge is 0.486 e. The molecule has 6 nitrogen and oxygen atoms in total. The van der Waals surface area contributed by atoms with Gasteiger partial charge in [0.15, 0.2) is 11.0 Å². The lowest BCUT2D eigenvalue weighted by Crippen LogP contribution is -2.15. The van der Waals surface area contributed by atoms with Crippen molar-refractivity contribution in [2.24, 2.45) is 0 Å². The van der Waals surface area contributed by atoms with Crippen molar-refractivity contribution < 1.29 is 9.53 Å². The number of thioether (sulfide) groups is 1. The molecule has 32 heavy (non-hydrogen) atoms. The highest BCUT2D eigenvalue weighted by molar-refractivity contribution is 7.99. The summed E-state index contributed by atoms with van der Waals surface area (Å²) >= 11 is 7.23. The molecule has 0 saturated carbocycles. The van der Waals surface area contributed by atoms with E-state index < -0.39 is 0 Å². The van der Waals surface area contributed by atoms with E-state index in [0.29, 0.717) is 28.2 Å². The van der Waals surface area contributed by atoms with Gasteiger partial charge in [0, 0.05) is 10.7 Å². The molecule has 0 fully saturated rings. The van der Waals surface area contributed by atoms with Crippen molar-refractivity contribution in [3.05, 3.63) is 101 Å². The third kappa shape index (κ3) is 6.12. The zero-order valence-electron chi connectivity index (χ0n) is 17.1. The lowest BCUT2D eigenvalue weighted by Gasteiger charge is -2.11. The average Bonchev–Trinajstić information content (AvgIpc) is 3.20. The van der Waals surface area contributed by atoms with Crippen LogP contribution >= 0.6 is 23.4 Å². The first kappa shape index (κ1) is 21.9. The predicted molar refractivity (Wildman–Crippen MR) is 127 cm³/mol.